The third-order valence-electron chi connectivity index (χ3n) is 6.07. The molecule has 1 amide bonds. The Kier molecular flexibility index (Phi) is 9.55. The summed E-state index contributed by atoms with van der Waals surface area (Å²) in [4.78, 5) is 28.8. The molecule has 8 nitrogen and oxygen atoms in total. The third kappa shape index (κ3) is 6.62. The number of guanidine groups is 1. The molecule has 3 N–H and O–H groups in total. The van der Waals surface area contributed by atoms with Gasteiger partial charge in [-0.25, -0.2) is 4.98 Å². The highest BCUT2D eigenvalue weighted by molar-refractivity contribution is 14.0. The van der Waals surface area contributed by atoms with Gasteiger partial charge in [0.1, 0.15) is 5.82 Å². The molecule has 3 aromatic rings. The minimum absolute atomic E-state index is 0. The second-order valence-electron chi connectivity index (χ2n) is 8.34. The SMILES string of the molecule is CN=C(NCCC(=O)N1CCN(c2ccccn2)CC1)NCCc1c[nH]c2cc(C)ccc12.I. The number of pyridine rings is 1. The number of nitrogens with one attached hydrogen (secondary N) is 3. The van der Waals surface area contributed by atoms with Crippen LogP contribution in [0.5, 0.6) is 0 Å². The zero-order valence-electron chi connectivity index (χ0n) is 19.9. The van der Waals surface area contributed by atoms with Gasteiger partial charge in [0.25, 0.3) is 0 Å². The van der Waals surface area contributed by atoms with Gasteiger partial charge in [-0.3, -0.25) is 9.79 Å². The van der Waals surface area contributed by atoms with Crippen LogP contribution >= 0.6 is 24.0 Å². The van der Waals surface area contributed by atoms with E-state index in [1.165, 1.54) is 22.0 Å². The summed E-state index contributed by atoms with van der Waals surface area (Å²) in [5, 5.41) is 7.87. The van der Waals surface area contributed by atoms with Crippen molar-refractivity contribution in [3.05, 3.63) is 59.9 Å². The van der Waals surface area contributed by atoms with Crippen LogP contribution in [0.25, 0.3) is 10.9 Å². The second-order valence-corrected chi connectivity index (χ2v) is 8.34. The Labute approximate surface area is 218 Å². The maximum Gasteiger partial charge on any atom is 0.224 e. The number of anilines is 1. The lowest BCUT2D eigenvalue weighted by atomic mass is 10.1. The Morgan fingerprint density at radius 2 is 1.91 bits per heavy atom. The molecule has 2 aromatic heterocycles. The van der Waals surface area contributed by atoms with Crippen LogP contribution in [0.15, 0.2) is 53.8 Å². The van der Waals surface area contributed by atoms with Crippen molar-refractivity contribution >= 4 is 52.6 Å². The van der Waals surface area contributed by atoms with E-state index in [0.717, 1.165) is 50.9 Å². The molecule has 0 radical (unpaired) electrons. The molecule has 182 valence electrons. The van der Waals surface area contributed by atoms with Crippen LogP contribution in [-0.4, -0.2) is 73.1 Å². The number of halogens is 1. The van der Waals surface area contributed by atoms with Gasteiger partial charge in [-0.05, 0) is 42.7 Å². The number of hydrogen-bond acceptors (Lipinski definition) is 4. The predicted octanol–water partition coefficient (Wildman–Crippen LogP) is 2.94. The summed E-state index contributed by atoms with van der Waals surface area (Å²) < 4.78 is 0. The molecule has 0 bridgehead atoms. The summed E-state index contributed by atoms with van der Waals surface area (Å²) in [7, 11) is 1.75. The van der Waals surface area contributed by atoms with Gasteiger partial charge in [0.15, 0.2) is 5.96 Å². The number of aliphatic imine (C=N–C) groups is 1. The lowest BCUT2D eigenvalue weighted by molar-refractivity contribution is -0.131. The fourth-order valence-electron chi connectivity index (χ4n) is 4.21. The molecule has 1 fully saturated rings. The number of carbonyl (C=O) groups excluding carboxylic acids is 1. The van der Waals surface area contributed by atoms with E-state index < -0.39 is 0 Å². The molecular formula is C25H34IN7O. The van der Waals surface area contributed by atoms with Crippen LogP contribution in [0.2, 0.25) is 0 Å². The van der Waals surface area contributed by atoms with Gasteiger partial charge < -0.3 is 25.4 Å². The highest BCUT2D eigenvalue weighted by Gasteiger charge is 2.21. The smallest absolute Gasteiger partial charge is 0.224 e. The molecule has 1 aliphatic heterocycles. The maximum atomic E-state index is 12.6. The monoisotopic (exact) mass is 575 g/mol. The van der Waals surface area contributed by atoms with E-state index in [0.29, 0.717) is 13.0 Å². The number of hydrogen-bond donors (Lipinski definition) is 3. The van der Waals surface area contributed by atoms with Gasteiger partial charge in [0, 0.05) is 76.0 Å². The van der Waals surface area contributed by atoms with Crippen LogP contribution in [0.3, 0.4) is 0 Å². The van der Waals surface area contributed by atoms with Gasteiger partial charge in [-0.15, -0.1) is 24.0 Å². The number of H-pyrrole nitrogens is 1. The van der Waals surface area contributed by atoms with E-state index in [9.17, 15) is 4.79 Å². The molecule has 1 saturated heterocycles. The molecule has 0 saturated carbocycles. The average molecular weight is 575 g/mol. The van der Waals surface area contributed by atoms with Crippen molar-refractivity contribution in [1.29, 1.82) is 0 Å². The van der Waals surface area contributed by atoms with Crippen LogP contribution in [0, 0.1) is 6.92 Å². The number of amides is 1. The number of aromatic amines is 1. The highest BCUT2D eigenvalue weighted by Crippen LogP contribution is 2.19. The Hall–Kier alpha value is -2.82. The average Bonchev–Trinajstić information content (AvgIpc) is 3.25. The molecule has 0 atom stereocenters. The van der Waals surface area contributed by atoms with Crippen LogP contribution in [0.4, 0.5) is 5.82 Å². The Bertz CT molecular complexity index is 1090. The first kappa shape index (κ1) is 25.8. The fourth-order valence-corrected chi connectivity index (χ4v) is 4.21. The summed E-state index contributed by atoms with van der Waals surface area (Å²) in [5.74, 6) is 1.87. The van der Waals surface area contributed by atoms with Crippen LogP contribution in [0.1, 0.15) is 17.5 Å². The minimum Gasteiger partial charge on any atom is -0.361 e. The van der Waals surface area contributed by atoms with E-state index in [2.05, 4.69) is 61.8 Å². The minimum atomic E-state index is 0. The molecule has 1 aliphatic rings. The number of aromatic nitrogens is 2. The normalized spacial score (nSPS) is 14.1. The van der Waals surface area contributed by atoms with E-state index >= 15 is 0 Å². The number of fused-ring (bicyclic) bond motifs is 1. The first-order chi connectivity index (χ1) is 16.1. The molecule has 0 unspecified atom stereocenters. The summed E-state index contributed by atoms with van der Waals surface area (Å²) in [6, 6.07) is 12.4. The third-order valence-corrected chi connectivity index (χ3v) is 6.07. The van der Waals surface area contributed by atoms with Gasteiger partial charge in [-0.2, -0.15) is 0 Å². The van der Waals surface area contributed by atoms with Crippen molar-refractivity contribution in [2.75, 3.05) is 51.2 Å². The van der Waals surface area contributed by atoms with E-state index in [1.807, 2.05) is 23.1 Å². The number of benzene rings is 1. The van der Waals surface area contributed by atoms with Crippen LogP contribution < -0.4 is 15.5 Å². The lowest BCUT2D eigenvalue weighted by Crippen LogP contribution is -2.49. The van der Waals surface area contributed by atoms with Crippen LogP contribution in [-0.2, 0) is 11.2 Å². The number of carbonyl (C=O) groups is 1. The Morgan fingerprint density at radius 3 is 2.65 bits per heavy atom. The standard InChI is InChI=1S/C25H33N7O.HI/c1-19-6-7-21-20(18-30-22(21)17-19)8-11-28-25(26-2)29-12-9-24(33)32-15-13-31(14-16-32)23-5-3-4-10-27-23;/h3-7,10,17-18,30H,8-9,11-16H2,1-2H3,(H2,26,28,29);1H. The van der Waals surface area contributed by atoms with E-state index in [-0.39, 0.29) is 29.9 Å². The number of rotatable bonds is 7. The van der Waals surface area contributed by atoms with Crippen molar-refractivity contribution in [2.45, 2.75) is 19.8 Å². The van der Waals surface area contributed by atoms with E-state index in [1.54, 1.807) is 13.2 Å². The quantitative estimate of drug-likeness (QED) is 0.229. The second kappa shape index (κ2) is 12.6. The van der Waals surface area contributed by atoms with Crippen molar-refractivity contribution in [3.63, 3.8) is 0 Å². The van der Waals surface area contributed by atoms with Crippen molar-refractivity contribution < 1.29 is 4.79 Å². The highest BCUT2D eigenvalue weighted by atomic mass is 127. The molecule has 1 aromatic carbocycles. The number of nitrogens with zero attached hydrogens (tertiary/aromatic N) is 4. The molecule has 4 rings (SSSR count). The van der Waals surface area contributed by atoms with E-state index in [4.69, 9.17) is 0 Å². The van der Waals surface area contributed by atoms with Gasteiger partial charge in [-0.1, -0.05) is 18.2 Å². The van der Waals surface area contributed by atoms with Gasteiger partial charge >= 0.3 is 0 Å². The zero-order valence-corrected chi connectivity index (χ0v) is 22.2. The molecule has 3 heterocycles. The van der Waals surface area contributed by atoms with Gasteiger partial charge in [0.2, 0.25) is 5.91 Å². The topological polar surface area (TPSA) is 88.7 Å². The molecule has 9 heteroatoms. The molecule has 0 aliphatic carbocycles. The first-order valence-electron chi connectivity index (χ1n) is 11.6. The number of piperazine rings is 1. The maximum absolute atomic E-state index is 12.6. The van der Waals surface area contributed by atoms with Gasteiger partial charge in [0.05, 0.1) is 0 Å². The Balaban J connectivity index is 0.00000324. The fraction of sp³-hybridized carbons (Fsp3) is 0.400. The summed E-state index contributed by atoms with van der Waals surface area (Å²) in [6.45, 7) is 6.51. The summed E-state index contributed by atoms with van der Waals surface area (Å²) >= 11 is 0. The summed E-state index contributed by atoms with van der Waals surface area (Å²) in [5.41, 5.74) is 3.71. The largest absolute Gasteiger partial charge is 0.361 e. The molecule has 34 heavy (non-hydrogen) atoms. The summed E-state index contributed by atoms with van der Waals surface area (Å²) in [6.07, 6.45) is 5.23. The first-order valence-corrected chi connectivity index (χ1v) is 11.6. The zero-order chi connectivity index (χ0) is 23.0. The Morgan fingerprint density at radius 1 is 1.12 bits per heavy atom. The predicted molar refractivity (Wildman–Crippen MR) is 149 cm³/mol. The number of aryl methyl sites for hydroxylation is 1. The molecular weight excluding hydrogens is 541 g/mol. The van der Waals surface area contributed by atoms with Crippen molar-refractivity contribution in [1.82, 2.24) is 25.5 Å². The lowest BCUT2D eigenvalue weighted by Gasteiger charge is -2.35. The van der Waals surface area contributed by atoms with Crippen molar-refractivity contribution in [3.8, 4) is 0 Å². The van der Waals surface area contributed by atoms with Crippen molar-refractivity contribution in [2.24, 2.45) is 4.99 Å². The molecule has 0 spiro atoms.